The molecule has 28 heavy (non-hydrogen) atoms. The molecule has 0 saturated carbocycles. The third-order valence-electron chi connectivity index (χ3n) is 3.80. The zero-order valence-electron chi connectivity index (χ0n) is 16.5. The molecule has 0 spiro atoms. The monoisotopic (exact) mass is 408 g/mol. The van der Waals surface area contributed by atoms with Gasteiger partial charge in [-0.2, -0.15) is 0 Å². The van der Waals surface area contributed by atoms with Crippen LogP contribution in [-0.2, 0) is 23.8 Å². The second-order valence-corrected chi connectivity index (χ2v) is 12.3. The molecule has 1 aromatic heterocycles. The minimum atomic E-state index is -1.73. The Morgan fingerprint density at radius 1 is 1.29 bits per heavy atom. The standard InChI is InChI=1S/C18H24N2O7Si/c1-11(21)25-10-15-14(26-12(2)22)8-16(27-15)20-9-13(6-7-28(3,4)5)17(23)19-18(20)24/h9,14-16H,8,10H2,1-5H3,(H,19,23,24)/t14-,15+,16+/m0/s1. The molecule has 0 aliphatic carbocycles. The predicted molar refractivity (Wildman–Crippen MR) is 102 cm³/mol. The van der Waals surface area contributed by atoms with Gasteiger partial charge in [0.05, 0.1) is 0 Å². The molecule has 9 nitrogen and oxygen atoms in total. The van der Waals surface area contributed by atoms with E-state index in [1.807, 2.05) is 19.6 Å². The number of carbonyl (C=O) groups excluding carboxylic acids is 2. The summed E-state index contributed by atoms with van der Waals surface area (Å²) in [4.78, 5) is 49.0. The number of aromatic amines is 1. The first-order valence-corrected chi connectivity index (χ1v) is 12.3. The summed E-state index contributed by atoms with van der Waals surface area (Å²) in [6.07, 6.45) is -0.719. The van der Waals surface area contributed by atoms with Crippen LogP contribution in [0, 0.1) is 11.5 Å². The summed E-state index contributed by atoms with van der Waals surface area (Å²) >= 11 is 0. The van der Waals surface area contributed by atoms with Gasteiger partial charge in [0.2, 0.25) is 0 Å². The summed E-state index contributed by atoms with van der Waals surface area (Å²) in [6.45, 7) is 8.49. The van der Waals surface area contributed by atoms with Gasteiger partial charge in [-0.3, -0.25) is 23.9 Å². The molecule has 1 aliphatic rings. The molecule has 2 heterocycles. The Labute approximate surface area is 163 Å². The molecular weight excluding hydrogens is 384 g/mol. The van der Waals surface area contributed by atoms with Gasteiger partial charge in [-0.25, -0.2) is 4.79 Å². The van der Waals surface area contributed by atoms with Gasteiger partial charge in [0, 0.05) is 26.5 Å². The van der Waals surface area contributed by atoms with Crippen LogP contribution in [0.2, 0.25) is 19.6 Å². The van der Waals surface area contributed by atoms with Gasteiger partial charge in [0.15, 0.2) is 0 Å². The van der Waals surface area contributed by atoms with Crippen molar-refractivity contribution < 1.29 is 23.8 Å². The zero-order valence-corrected chi connectivity index (χ0v) is 17.5. The maximum absolute atomic E-state index is 12.3. The fourth-order valence-electron chi connectivity index (χ4n) is 2.60. The van der Waals surface area contributed by atoms with Gasteiger partial charge < -0.3 is 14.2 Å². The molecule has 0 amide bonds. The Bertz CT molecular complexity index is 932. The summed E-state index contributed by atoms with van der Waals surface area (Å²) < 4.78 is 17.2. The molecule has 0 unspecified atom stereocenters. The van der Waals surface area contributed by atoms with Gasteiger partial charge in [-0.15, -0.1) is 5.54 Å². The molecule has 152 valence electrons. The molecular formula is C18H24N2O7Si. The van der Waals surface area contributed by atoms with Crippen molar-refractivity contribution in [2.45, 2.75) is 58.3 Å². The van der Waals surface area contributed by atoms with Crippen molar-refractivity contribution in [3.8, 4) is 11.5 Å². The number of rotatable bonds is 4. The molecule has 1 aliphatic heterocycles. The number of nitrogens with zero attached hydrogens (tertiary/aromatic N) is 1. The van der Waals surface area contributed by atoms with Crippen molar-refractivity contribution in [2.75, 3.05) is 6.61 Å². The SMILES string of the molecule is CC(=O)OC[C@H]1O[C@@H](n2cc(C#C[Si](C)(C)C)c(=O)[nH]c2=O)C[C@@H]1OC(C)=O. The predicted octanol–water partition coefficient (Wildman–Crippen LogP) is 0.548. The maximum Gasteiger partial charge on any atom is 0.330 e. The van der Waals surface area contributed by atoms with Crippen LogP contribution < -0.4 is 11.2 Å². The number of hydrogen-bond donors (Lipinski definition) is 1. The van der Waals surface area contributed by atoms with Crippen LogP contribution >= 0.6 is 0 Å². The van der Waals surface area contributed by atoms with Crippen molar-refractivity contribution in [3.63, 3.8) is 0 Å². The third-order valence-corrected chi connectivity index (χ3v) is 4.67. The average molecular weight is 408 g/mol. The molecule has 0 aromatic carbocycles. The minimum Gasteiger partial charge on any atom is -0.463 e. The van der Waals surface area contributed by atoms with Crippen molar-refractivity contribution in [1.29, 1.82) is 0 Å². The highest BCUT2D eigenvalue weighted by atomic mass is 28.3. The molecule has 1 aromatic rings. The third kappa shape index (κ3) is 5.93. The van der Waals surface area contributed by atoms with E-state index in [-0.39, 0.29) is 18.6 Å². The highest BCUT2D eigenvalue weighted by molar-refractivity contribution is 6.83. The maximum atomic E-state index is 12.3. The van der Waals surface area contributed by atoms with E-state index in [0.29, 0.717) is 0 Å². The highest BCUT2D eigenvalue weighted by Crippen LogP contribution is 2.30. The number of hydrogen-bond acceptors (Lipinski definition) is 7. The van der Waals surface area contributed by atoms with E-state index in [1.54, 1.807) is 0 Å². The molecule has 1 N–H and O–H groups in total. The summed E-state index contributed by atoms with van der Waals surface area (Å²) in [5.74, 6) is 1.82. The first-order chi connectivity index (χ1) is 13.0. The Kier molecular flexibility index (Phi) is 6.63. The minimum absolute atomic E-state index is 0.121. The van der Waals surface area contributed by atoms with E-state index in [2.05, 4.69) is 16.4 Å². The van der Waals surface area contributed by atoms with Gasteiger partial charge in [0.25, 0.3) is 5.56 Å². The lowest BCUT2D eigenvalue weighted by Gasteiger charge is -2.17. The molecule has 10 heteroatoms. The van der Waals surface area contributed by atoms with Gasteiger partial charge in [-0.05, 0) is 0 Å². The number of esters is 2. The lowest BCUT2D eigenvalue weighted by molar-refractivity contribution is -0.155. The summed E-state index contributed by atoms with van der Waals surface area (Å²) in [6, 6.07) is 0. The quantitative estimate of drug-likeness (QED) is 0.439. The largest absolute Gasteiger partial charge is 0.463 e. The van der Waals surface area contributed by atoms with E-state index < -0.39 is 49.7 Å². The smallest absolute Gasteiger partial charge is 0.330 e. The Morgan fingerprint density at radius 2 is 1.96 bits per heavy atom. The average Bonchev–Trinajstić information content (AvgIpc) is 2.93. The fraction of sp³-hybridized carbons (Fsp3) is 0.556. The molecule has 1 fully saturated rings. The van der Waals surface area contributed by atoms with Crippen LogP contribution in [-0.4, -0.2) is 48.4 Å². The van der Waals surface area contributed by atoms with Crippen molar-refractivity contribution in [2.24, 2.45) is 0 Å². The normalized spacial score (nSPS) is 21.5. The van der Waals surface area contributed by atoms with E-state index in [1.165, 1.54) is 24.6 Å². The van der Waals surface area contributed by atoms with Gasteiger partial charge >= 0.3 is 17.6 Å². The molecule has 0 radical (unpaired) electrons. The van der Waals surface area contributed by atoms with Gasteiger partial charge in [-0.1, -0.05) is 25.6 Å². The van der Waals surface area contributed by atoms with Gasteiger partial charge in [0.1, 0.15) is 38.7 Å². The lowest BCUT2D eigenvalue weighted by Crippen LogP contribution is -2.34. The topological polar surface area (TPSA) is 117 Å². The molecule has 0 bridgehead atoms. The van der Waals surface area contributed by atoms with Crippen molar-refractivity contribution in [1.82, 2.24) is 9.55 Å². The summed E-state index contributed by atoms with van der Waals surface area (Å²) in [5, 5.41) is 0. The Hall–Kier alpha value is -2.64. The van der Waals surface area contributed by atoms with Crippen molar-refractivity contribution >= 4 is 20.0 Å². The van der Waals surface area contributed by atoms with Crippen LogP contribution in [0.5, 0.6) is 0 Å². The number of nitrogens with one attached hydrogen (secondary N) is 1. The molecule has 2 rings (SSSR count). The van der Waals surface area contributed by atoms with Crippen LogP contribution in [0.15, 0.2) is 15.8 Å². The first kappa shape index (κ1) is 21.7. The van der Waals surface area contributed by atoms with E-state index in [0.717, 1.165) is 0 Å². The number of aromatic nitrogens is 2. The molecule has 3 atom stereocenters. The fourth-order valence-corrected chi connectivity index (χ4v) is 3.11. The van der Waals surface area contributed by atoms with Crippen LogP contribution in [0.4, 0.5) is 0 Å². The highest BCUT2D eigenvalue weighted by Gasteiger charge is 2.39. The zero-order chi connectivity index (χ0) is 21.1. The van der Waals surface area contributed by atoms with Crippen LogP contribution in [0.25, 0.3) is 0 Å². The van der Waals surface area contributed by atoms with Crippen LogP contribution in [0.3, 0.4) is 0 Å². The molecule has 1 saturated heterocycles. The van der Waals surface area contributed by atoms with E-state index in [4.69, 9.17) is 14.2 Å². The number of ether oxygens (including phenoxy) is 3. The summed E-state index contributed by atoms with van der Waals surface area (Å²) in [5.41, 5.74) is 1.99. The van der Waals surface area contributed by atoms with Crippen molar-refractivity contribution in [3.05, 3.63) is 32.6 Å². The number of carbonyl (C=O) groups is 2. The second kappa shape index (κ2) is 8.58. The Balaban J connectivity index is 2.33. The van der Waals surface area contributed by atoms with E-state index in [9.17, 15) is 19.2 Å². The summed E-state index contributed by atoms with van der Waals surface area (Å²) in [7, 11) is -1.73. The Morgan fingerprint density at radius 3 is 2.54 bits per heavy atom. The van der Waals surface area contributed by atoms with E-state index >= 15 is 0 Å². The first-order valence-electron chi connectivity index (χ1n) is 8.81. The lowest BCUT2D eigenvalue weighted by atomic mass is 10.2. The van der Waals surface area contributed by atoms with Crippen LogP contribution in [0.1, 0.15) is 32.1 Å². The number of H-pyrrole nitrogens is 1. The second-order valence-electron chi connectivity index (χ2n) is 7.52.